The Morgan fingerprint density at radius 1 is 1.00 bits per heavy atom. The zero-order chi connectivity index (χ0) is 19.7. The molecule has 11 heteroatoms. The highest BCUT2D eigenvalue weighted by atomic mass is 35.5. The maximum Gasteiger partial charge on any atom is 0.245 e. The van der Waals surface area contributed by atoms with Gasteiger partial charge < -0.3 is 16.3 Å². The van der Waals surface area contributed by atoms with Crippen LogP contribution in [0.1, 0.15) is 11.3 Å². The second-order valence-electron chi connectivity index (χ2n) is 5.61. The van der Waals surface area contributed by atoms with Crippen LogP contribution >= 0.6 is 23.2 Å². The van der Waals surface area contributed by atoms with Crippen molar-refractivity contribution in [2.75, 3.05) is 5.32 Å². The van der Waals surface area contributed by atoms with E-state index in [-0.39, 0.29) is 17.0 Å². The van der Waals surface area contributed by atoms with Gasteiger partial charge in [0.15, 0.2) is 5.82 Å². The van der Waals surface area contributed by atoms with E-state index >= 15 is 0 Å². The molecule has 28 heavy (non-hydrogen) atoms. The molecule has 0 fully saturated rings. The number of hydrogen-bond donors (Lipinski definition) is 3. The molecule has 0 saturated carbocycles. The molecule has 140 valence electrons. The van der Waals surface area contributed by atoms with Crippen molar-refractivity contribution in [2.45, 2.75) is 0 Å². The molecule has 2 aromatic heterocycles. The van der Waals surface area contributed by atoms with Crippen molar-refractivity contribution in [3.05, 3.63) is 63.8 Å². The summed E-state index contributed by atoms with van der Waals surface area (Å²) >= 11 is 12.1. The Bertz CT molecular complexity index is 1190. The zero-order valence-electron chi connectivity index (χ0n) is 14.0. The first-order chi connectivity index (χ1) is 13.5. The van der Waals surface area contributed by atoms with Crippen LogP contribution in [0.15, 0.2) is 52.2 Å². The van der Waals surface area contributed by atoms with E-state index in [4.69, 9.17) is 33.7 Å². The number of phenolic OH excluding ortho intramolecular Hbond substituents is 1. The fraction of sp³-hybridized carbons (Fsp3) is 0. The number of aromatic hydroxyl groups is 1. The van der Waals surface area contributed by atoms with Crippen LogP contribution in [-0.4, -0.2) is 31.1 Å². The Kier molecular flexibility index (Phi) is 4.68. The predicted molar refractivity (Wildman–Crippen MR) is 105 cm³/mol. The highest BCUT2D eigenvalue weighted by Crippen LogP contribution is 2.28. The van der Waals surface area contributed by atoms with Crippen LogP contribution in [0.4, 0.5) is 11.5 Å². The van der Waals surface area contributed by atoms with Gasteiger partial charge in [0.05, 0.1) is 10.0 Å². The molecule has 4 rings (SSSR count). The number of rotatable bonds is 4. The average molecular weight is 416 g/mol. The number of hydrogen-bond acceptors (Lipinski definition) is 9. The van der Waals surface area contributed by atoms with Crippen molar-refractivity contribution in [1.82, 2.24) is 20.3 Å². The van der Waals surface area contributed by atoms with E-state index in [1.54, 1.807) is 30.3 Å². The summed E-state index contributed by atoms with van der Waals surface area (Å²) in [5, 5.41) is 24.7. The average Bonchev–Trinajstić information content (AvgIpc) is 3.14. The lowest BCUT2D eigenvalue weighted by molar-refractivity contribution is 0.314. The van der Waals surface area contributed by atoms with Gasteiger partial charge >= 0.3 is 0 Å². The molecule has 0 radical (unpaired) electrons. The van der Waals surface area contributed by atoms with Gasteiger partial charge in [0, 0.05) is 11.3 Å². The van der Waals surface area contributed by atoms with E-state index in [9.17, 15) is 5.11 Å². The molecule has 4 aromatic rings. The SMILES string of the molecule is N/N=C(\c1ccc(O)cc1)c1nc2nonc2nc1Nc1ccc(Cl)c(Cl)c1. The molecule has 0 amide bonds. The van der Waals surface area contributed by atoms with Crippen LogP contribution in [-0.2, 0) is 0 Å². The van der Waals surface area contributed by atoms with Crippen LogP contribution in [0.3, 0.4) is 0 Å². The number of fused-ring (bicyclic) bond motifs is 1. The summed E-state index contributed by atoms with van der Waals surface area (Å²) in [5.74, 6) is 6.04. The Balaban J connectivity index is 1.84. The van der Waals surface area contributed by atoms with E-state index < -0.39 is 0 Å². The first-order valence-electron chi connectivity index (χ1n) is 7.85. The zero-order valence-corrected chi connectivity index (χ0v) is 15.5. The van der Waals surface area contributed by atoms with Gasteiger partial charge in [0.25, 0.3) is 0 Å². The normalized spacial score (nSPS) is 11.7. The molecule has 0 bridgehead atoms. The highest BCUT2D eigenvalue weighted by molar-refractivity contribution is 6.42. The minimum atomic E-state index is 0.108. The number of nitrogens with one attached hydrogen (secondary N) is 1. The predicted octanol–water partition coefficient (Wildman–Crippen LogP) is 3.48. The third kappa shape index (κ3) is 3.40. The molecule has 2 heterocycles. The van der Waals surface area contributed by atoms with E-state index in [0.717, 1.165) is 0 Å². The van der Waals surface area contributed by atoms with E-state index in [1.807, 2.05) is 0 Å². The summed E-state index contributed by atoms with van der Waals surface area (Å²) < 4.78 is 4.70. The van der Waals surface area contributed by atoms with Crippen LogP contribution in [0.25, 0.3) is 11.3 Å². The number of aromatic nitrogens is 4. The number of benzene rings is 2. The summed E-state index contributed by atoms with van der Waals surface area (Å²) in [6.45, 7) is 0. The summed E-state index contributed by atoms with van der Waals surface area (Å²) in [6.07, 6.45) is 0. The molecule has 0 atom stereocenters. The molecule has 0 saturated heterocycles. The second kappa shape index (κ2) is 7.29. The second-order valence-corrected chi connectivity index (χ2v) is 6.43. The summed E-state index contributed by atoms with van der Waals surface area (Å²) in [5.41, 5.74) is 2.25. The maximum absolute atomic E-state index is 9.53. The summed E-state index contributed by atoms with van der Waals surface area (Å²) in [6, 6.07) is 11.3. The summed E-state index contributed by atoms with van der Waals surface area (Å²) in [4.78, 5) is 8.81. The van der Waals surface area contributed by atoms with Crippen LogP contribution < -0.4 is 11.2 Å². The standard InChI is InChI=1S/C17H11Cl2N7O2/c18-11-6-3-9(7-12(11)19)21-15-14(22-16-17(23-15)26-28-25-16)13(24-20)8-1-4-10(27)5-2-8/h1-7,27H,20H2,(H,21,23,26)/b24-13+. The Hall–Kier alpha value is -3.43. The van der Waals surface area contributed by atoms with Crippen molar-refractivity contribution >= 4 is 51.7 Å². The molecule has 0 aliphatic carbocycles. The van der Waals surface area contributed by atoms with Gasteiger partial charge in [-0.3, -0.25) is 0 Å². The lowest BCUT2D eigenvalue weighted by atomic mass is 10.1. The monoisotopic (exact) mass is 415 g/mol. The molecular formula is C17H11Cl2N7O2. The maximum atomic E-state index is 9.53. The molecule has 0 spiro atoms. The van der Waals surface area contributed by atoms with Gasteiger partial charge in [-0.05, 0) is 52.8 Å². The highest BCUT2D eigenvalue weighted by Gasteiger charge is 2.19. The lowest BCUT2D eigenvalue weighted by Gasteiger charge is -2.12. The van der Waals surface area contributed by atoms with Crippen LogP contribution in [0, 0.1) is 0 Å². The quantitative estimate of drug-likeness (QED) is 0.261. The van der Waals surface area contributed by atoms with Gasteiger partial charge in [-0.1, -0.05) is 23.2 Å². The number of phenols is 1. The molecule has 4 N–H and O–H groups in total. The fourth-order valence-corrected chi connectivity index (χ4v) is 2.79. The van der Waals surface area contributed by atoms with Gasteiger partial charge in [-0.25, -0.2) is 14.6 Å². The van der Waals surface area contributed by atoms with Crippen molar-refractivity contribution in [1.29, 1.82) is 0 Å². The first-order valence-corrected chi connectivity index (χ1v) is 8.61. The molecule has 9 nitrogen and oxygen atoms in total. The third-order valence-corrected chi connectivity index (χ3v) is 4.53. The van der Waals surface area contributed by atoms with Crippen LogP contribution in [0.2, 0.25) is 10.0 Å². The van der Waals surface area contributed by atoms with Crippen molar-refractivity contribution < 1.29 is 9.74 Å². The van der Waals surface area contributed by atoms with Crippen LogP contribution in [0.5, 0.6) is 5.75 Å². The Morgan fingerprint density at radius 2 is 1.71 bits per heavy atom. The van der Waals surface area contributed by atoms with E-state index in [0.29, 0.717) is 38.5 Å². The first kappa shape index (κ1) is 18.0. The molecule has 0 aliphatic rings. The lowest BCUT2D eigenvalue weighted by Crippen LogP contribution is -2.13. The number of hydrazone groups is 1. The van der Waals surface area contributed by atoms with Gasteiger partial charge in [-0.2, -0.15) is 5.10 Å². The number of nitrogens with two attached hydrogens (primary N) is 1. The smallest absolute Gasteiger partial charge is 0.245 e. The minimum absolute atomic E-state index is 0.108. The Labute approximate surface area is 167 Å². The topological polar surface area (TPSA) is 135 Å². The molecule has 0 aliphatic heterocycles. The van der Waals surface area contributed by atoms with Crippen molar-refractivity contribution in [3.8, 4) is 5.75 Å². The van der Waals surface area contributed by atoms with Crippen molar-refractivity contribution in [2.24, 2.45) is 10.9 Å². The number of anilines is 2. The summed E-state index contributed by atoms with van der Waals surface area (Å²) in [7, 11) is 0. The van der Waals surface area contributed by atoms with Gasteiger partial charge in [0.1, 0.15) is 17.2 Å². The molecule has 0 unspecified atom stereocenters. The van der Waals surface area contributed by atoms with E-state index in [2.05, 4.69) is 30.7 Å². The molecule has 2 aromatic carbocycles. The number of nitrogens with zero attached hydrogens (tertiary/aromatic N) is 5. The van der Waals surface area contributed by atoms with E-state index in [1.165, 1.54) is 12.1 Å². The minimum Gasteiger partial charge on any atom is -0.508 e. The van der Waals surface area contributed by atoms with Gasteiger partial charge in [0.2, 0.25) is 11.3 Å². The third-order valence-electron chi connectivity index (χ3n) is 3.79. The fourth-order valence-electron chi connectivity index (χ4n) is 2.49. The van der Waals surface area contributed by atoms with Gasteiger partial charge in [-0.15, -0.1) is 0 Å². The molecular weight excluding hydrogens is 405 g/mol. The van der Waals surface area contributed by atoms with Crippen molar-refractivity contribution in [3.63, 3.8) is 0 Å². The largest absolute Gasteiger partial charge is 0.508 e. The number of halogens is 2. The Morgan fingerprint density at radius 3 is 2.39 bits per heavy atom.